The minimum absolute atomic E-state index is 0.0150. The van der Waals surface area contributed by atoms with Crippen LogP contribution in [0.1, 0.15) is 31.7 Å². The number of carbonyl (C=O) groups excluding carboxylic acids is 1. The topological polar surface area (TPSA) is 152 Å². The predicted octanol–water partition coefficient (Wildman–Crippen LogP) is 3.09. The number of aliphatic hydroxyl groups excluding tert-OH is 1. The quantitative estimate of drug-likeness (QED) is 0.311. The minimum atomic E-state index is -4.17. The number of rotatable bonds is 10. The van der Waals surface area contributed by atoms with E-state index in [0.717, 1.165) is 22.4 Å². The molecule has 2 aliphatic heterocycles. The molecule has 11 nitrogen and oxygen atoms in total. The van der Waals surface area contributed by atoms with Gasteiger partial charge in [-0.2, -0.15) is 4.98 Å². The van der Waals surface area contributed by atoms with E-state index in [-0.39, 0.29) is 23.9 Å². The number of alkyl halides is 1. The zero-order valence-corrected chi connectivity index (χ0v) is 23.2. The van der Waals surface area contributed by atoms with E-state index in [1.54, 1.807) is 13.8 Å². The van der Waals surface area contributed by atoms with Gasteiger partial charge in [0.1, 0.15) is 23.0 Å². The smallest absolute Gasteiger partial charge is 0.380 e. The van der Waals surface area contributed by atoms with Crippen LogP contribution in [0.3, 0.4) is 0 Å². The first kappa shape index (κ1) is 29.3. The second-order valence-electron chi connectivity index (χ2n) is 9.56. The van der Waals surface area contributed by atoms with Gasteiger partial charge in [-0.1, -0.05) is 6.92 Å². The Balaban J connectivity index is 1.55. The lowest BCUT2D eigenvalue weighted by Gasteiger charge is -2.25. The van der Waals surface area contributed by atoms with Gasteiger partial charge in [0, 0.05) is 18.2 Å². The summed E-state index contributed by atoms with van der Waals surface area (Å²) in [5, 5.41) is 8.46. The highest BCUT2D eigenvalue weighted by molar-refractivity contribution is 8.00. The van der Waals surface area contributed by atoms with Gasteiger partial charge in [0.15, 0.2) is 17.7 Å². The molecule has 15 heteroatoms. The first-order chi connectivity index (χ1) is 18.4. The van der Waals surface area contributed by atoms with Gasteiger partial charge in [-0.3, -0.25) is 13.9 Å². The molecule has 0 bridgehead atoms. The summed E-state index contributed by atoms with van der Waals surface area (Å²) in [7, 11) is -4.17. The molecule has 6 atom stereocenters. The average molecular weight is 590 g/mol. The molecule has 4 rings (SSSR count). The second kappa shape index (κ2) is 11.8. The van der Waals surface area contributed by atoms with Crippen LogP contribution in [-0.2, 0) is 25.0 Å². The number of anilines is 1. The van der Waals surface area contributed by atoms with Crippen molar-refractivity contribution in [2.75, 3.05) is 25.1 Å². The van der Waals surface area contributed by atoms with Crippen LogP contribution in [-0.4, -0.2) is 63.6 Å². The third-order valence-electron chi connectivity index (χ3n) is 6.11. The Bertz CT molecular complexity index is 1330. The molecule has 2 aliphatic rings. The van der Waals surface area contributed by atoms with Crippen molar-refractivity contribution in [2.45, 2.75) is 56.2 Å². The molecule has 0 aliphatic carbocycles. The van der Waals surface area contributed by atoms with E-state index >= 15 is 4.39 Å². The van der Waals surface area contributed by atoms with Gasteiger partial charge in [-0.15, -0.1) is 11.8 Å². The number of hydrogen-bond acceptors (Lipinski definition) is 11. The van der Waals surface area contributed by atoms with E-state index in [1.807, 2.05) is 0 Å². The molecule has 0 saturated carbocycles. The van der Waals surface area contributed by atoms with Gasteiger partial charge >= 0.3 is 19.3 Å². The molecule has 0 amide bonds. The number of nitrogens with zero attached hydrogens (tertiary/aromatic N) is 2. The van der Waals surface area contributed by atoms with Crippen LogP contribution in [0.15, 0.2) is 29.2 Å². The maximum absolute atomic E-state index is 15.0. The number of esters is 1. The Morgan fingerprint density at radius 2 is 2.10 bits per heavy atom. The minimum Gasteiger partial charge on any atom is -0.490 e. The molecular formula is C24H30F2N3O8PS. The van der Waals surface area contributed by atoms with Crippen molar-refractivity contribution in [1.82, 2.24) is 9.55 Å². The zero-order valence-electron chi connectivity index (χ0n) is 21.5. The summed E-state index contributed by atoms with van der Waals surface area (Å²) in [6.45, 7) is 4.60. The van der Waals surface area contributed by atoms with Crippen molar-refractivity contribution in [3.63, 3.8) is 0 Å². The highest BCUT2D eigenvalue weighted by atomic mass is 32.2. The Morgan fingerprint density at radius 3 is 2.79 bits per heavy atom. The summed E-state index contributed by atoms with van der Waals surface area (Å²) >= 11 is 0.897. The molecule has 3 N–H and O–H groups in total. The van der Waals surface area contributed by atoms with Crippen molar-refractivity contribution in [1.29, 1.82) is 0 Å². The van der Waals surface area contributed by atoms with E-state index in [1.165, 1.54) is 25.3 Å². The van der Waals surface area contributed by atoms with E-state index in [9.17, 15) is 23.7 Å². The van der Waals surface area contributed by atoms with Crippen LogP contribution in [0.2, 0.25) is 0 Å². The van der Waals surface area contributed by atoms with Crippen LogP contribution in [0, 0.1) is 11.7 Å². The van der Waals surface area contributed by atoms with Crippen molar-refractivity contribution in [3.8, 4) is 11.5 Å². The maximum Gasteiger partial charge on any atom is 0.380 e. The highest BCUT2D eigenvalue weighted by Gasteiger charge is 2.46. The molecular weight excluding hydrogens is 559 g/mol. The molecule has 0 spiro atoms. The highest BCUT2D eigenvalue weighted by Crippen LogP contribution is 2.54. The van der Waals surface area contributed by atoms with E-state index in [0.29, 0.717) is 12.0 Å². The summed E-state index contributed by atoms with van der Waals surface area (Å²) in [5.74, 6) is -2.12. The number of ether oxygens (including phenoxy) is 2. The van der Waals surface area contributed by atoms with Gasteiger partial charge in [0.05, 0.1) is 36.6 Å². The lowest BCUT2D eigenvalue weighted by Crippen LogP contribution is -2.33. The lowest BCUT2D eigenvalue weighted by molar-refractivity contribution is -0.151. The largest absolute Gasteiger partial charge is 0.490 e. The fourth-order valence-corrected chi connectivity index (χ4v) is 7.64. The van der Waals surface area contributed by atoms with E-state index in [2.05, 4.69) is 4.98 Å². The van der Waals surface area contributed by atoms with Gasteiger partial charge in [-0.05, 0) is 32.0 Å². The molecule has 1 saturated heterocycles. The van der Waals surface area contributed by atoms with Gasteiger partial charge < -0.3 is 24.8 Å². The number of aromatic nitrogens is 2. The molecule has 1 unspecified atom stereocenters. The van der Waals surface area contributed by atoms with Crippen LogP contribution in [0.4, 0.5) is 14.6 Å². The van der Waals surface area contributed by atoms with Gasteiger partial charge in [0.25, 0.3) is 0 Å². The van der Waals surface area contributed by atoms with Crippen LogP contribution in [0.25, 0.3) is 0 Å². The number of nitrogen functional groups attached to an aromatic ring is 1. The van der Waals surface area contributed by atoms with Crippen LogP contribution in [0.5, 0.6) is 11.5 Å². The first-order valence-corrected chi connectivity index (χ1v) is 15.0. The maximum atomic E-state index is 15.0. The molecule has 1 aromatic carbocycles. The van der Waals surface area contributed by atoms with E-state index in [4.69, 9.17) is 24.3 Å². The van der Waals surface area contributed by atoms with Crippen molar-refractivity contribution in [3.05, 3.63) is 46.3 Å². The van der Waals surface area contributed by atoms with Crippen molar-refractivity contribution in [2.24, 2.45) is 5.92 Å². The number of carbonyl (C=O) groups is 1. The number of hydrogen-bond donors (Lipinski definition) is 2. The zero-order chi connectivity index (χ0) is 28.5. The molecule has 214 valence electrons. The number of aliphatic hydroxyl groups is 1. The Hall–Kier alpha value is -2.67. The molecule has 1 aromatic heterocycles. The number of fused-ring (bicyclic) bond motifs is 1. The summed E-state index contributed by atoms with van der Waals surface area (Å²) in [6.07, 6.45) is -2.68. The number of benzene rings is 1. The fourth-order valence-electron chi connectivity index (χ4n) is 4.21. The summed E-state index contributed by atoms with van der Waals surface area (Å²) < 4.78 is 66.2. The summed E-state index contributed by atoms with van der Waals surface area (Å²) in [6, 6.07) is 3.73. The number of thioether (sulfide) groups is 1. The van der Waals surface area contributed by atoms with Gasteiger partial charge in [0.2, 0.25) is 0 Å². The normalized spacial score (nSPS) is 24.6. The average Bonchev–Trinajstić information content (AvgIpc) is 3.46. The van der Waals surface area contributed by atoms with E-state index < -0.39 is 72.8 Å². The Labute approximate surface area is 227 Å². The molecule has 0 radical (unpaired) electrons. The molecule has 1 fully saturated rings. The molecule has 39 heavy (non-hydrogen) atoms. The lowest BCUT2D eigenvalue weighted by atomic mass is 10.1. The monoisotopic (exact) mass is 589 g/mol. The third kappa shape index (κ3) is 6.56. The standard InChI is InChI=1S/C24H30F2N3O8PS/c1-12(2)36-23(31)13(3)11-38(33,37-16-5-4-15(25)21-14(16)7-9-34-21)35-10-17-20(30)19(26)22(39-17)29-8-6-18(27)28-24(29)32/h4-6,8,12-13,17,19-20,22,30H,7,9-11H2,1-3H3,(H2,27,28,32)/t13-,17-,19+,20-,22-,38?/m1/s1. The SMILES string of the molecule is CC(C)OC(=O)[C@H](C)CP(=O)(OC[C@H]1S[C@@H](n2ccc(N)nc2=O)[C@@H](F)[C@@H]1O)Oc1ccc(F)c2c1CCO2. The Morgan fingerprint density at radius 1 is 1.36 bits per heavy atom. The summed E-state index contributed by atoms with van der Waals surface area (Å²) in [5.41, 5.74) is 5.08. The van der Waals surface area contributed by atoms with Gasteiger partial charge in [-0.25, -0.2) is 18.1 Å². The fraction of sp³-hybridized carbons (Fsp3) is 0.542. The third-order valence-corrected chi connectivity index (χ3v) is 9.65. The molecule has 2 aromatic rings. The Kier molecular flexibility index (Phi) is 8.89. The summed E-state index contributed by atoms with van der Waals surface area (Å²) in [4.78, 5) is 28.3. The van der Waals surface area contributed by atoms with Crippen LogP contribution < -0.4 is 20.7 Å². The van der Waals surface area contributed by atoms with Crippen LogP contribution >= 0.6 is 19.4 Å². The second-order valence-corrected chi connectivity index (χ2v) is 12.9. The predicted molar refractivity (Wildman–Crippen MR) is 139 cm³/mol. The van der Waals surface area contributed by atoms with Crippen molar-refractivity contribution < 1.29 is 41.8 Å². The van der Waals surface area contributed by atoms with Crippen molar-refractivity contribution >= 4 is 31.1 Å². The molecule has 3 heterocycles. The number of halogens is 2. The first-order valence-electron chi connectivity index (χ1n) is 12.3. The number of nitrogens with two attached hydrogens (primary N) is 1.